The monoisotopic (exact) mass is 296 g/mol. The first kappa shape index (κ1) is 14.1. The molecule has 0 aliphatic heterocycles. The Bertz CT molecular complexity index is 891. The SMILES string of the molecule is Cn1c(=O)n(CCc2ccccc2)c2ccc(C(=O)O)cc21. The molecule has 0 saturated carbocycles. The molecule has 22 heavy (non-hydrogen) atoms. The largest absolute Gasteiger partial charge is 0.478 e. The number of aromatic carboxylic acids is 1. The molecule has 0 aliphatic carbocycles. The molecule has 1 heterocycles. The van der Waals surface area contributed by atoms with E-state index in [1.807, 2.05) is 30.3 Å². The zero-order valence-electron chi connectivity index (χ0n) is 12.2. The Hall–Kier alpha value is -2.82. The summed E-state index contributed by atoms with van der Waals surface area (Å²) in [6.07, 6.45) is 0.751. The second-order valence-electron chi connectivity index (χ2n) is 5.24. The van der Waals surface area contributed by atoms with Crippen LogP contribution in [0.1, 0.15) is 15.9 Å². The fraction of sp³-hybridized carbons (Fsp3) is 0.176. The van der Waals surface area contributed by atoms with Gasteiger partial charge in [0.25, 0.3) is 0 Å². The van der Waals surface area contributed by atoms with Gasteiger partial charge in [-0.05, 0) is 30.2 Å². The fourth-order valence-corrected chi connectivity index (χ4v) is 2.64. The number of nitrogens with zero attached hydrogens (tertiary/aromatic N) is 2. The molecule has 0 atom stereocenters. The van der Waals surface area contributed by atoms with Gasteiger partial charge in [0.05, 0.1) is 16.6 Å². The molecular formula is C17H16N2O3. The average Bonchev–Trinajstić information content (AvgIpc) is 2.77. The molecule has 0 saturated heterocycles. The zero-order chi connectivity index (χ0) is 15.7. The summed E-state index contributed by atoms with van der Waals surface area (Å²) in [5.41, 5.74) is 2.61. The maximum absolute atomic E-state index is 12.4. The maximum atomic E-state index is 12.4. The van der Waals surface area contributed by atoms with Crippen molar-refractivity contribution in [1.82, 2.24) is 9.13 Å². The summed E-state index contributed by atoms with van der Waals surface area (Å²) in [6.45, 7) is 0.562. The van der Waals surface area contributed by atoms with Crippen molar-refractivity contribution in [3.63, 3.8) is 0 Å². The molecule has 3 rings (SSSR count). The van der Waals surface area contributed by atoms with Gasteiger partial charge in [-0.15, -0.1) is 0 Å². The highest BCUT2D eigenvalue weighted by atomic mass is 16.4. The lowest BCUT2D eigenvalue weighted by molar-refractivity contribution is 0.0697. The summed E-state index contributed by atoms with van der Waals surface area (Å²) in [5.74, 6) is -0.994. The Balaban J connectivity index is 2.01. The molecule has 0 radical (unpaired) electrons. The molecule has 3 aromatic rings. The summed E-state index contributed by atoms with van der Waals surface area (Å²) >= 11 is 0. The lowest BCUT2D eigenvalue weighted by Crippen LogP contribution is -2.23. The summed E-state index contributed by atoms with van der Waals surface area (Å²) in [5, 5.41) is 9.07. The number of benzene rings is 2. The van der Waals surface area contributed by atoms with Crippen LogP contribution in [0.5, 0.6) is 0 Å². The highest BCUT2D eigenvalue weighted by Gasteiger charge is 2.13. The van der Waals surface area contributed by atoms with Gasteiger partial charge in [-0.3, -0.25) is 9.13 Å². The van der Waals surface area contributed by atoms with E-state index in [2.05, 4.69) is 0 Å². The van der Waals surface area contributed by atoms with E-state index in [0.717, 1.165) is 17.5 Å². The lowest BCUT2D eigenvalue weighted by atomic mass is 10.1. The minimum absolute atomic E-state index is 0.131. The molecule has 1 N–H and O–H groups in total. The number of carboxylic acid groups (broad SMARTS) is 1. The number of carboxylic acids is 1. The van der Waals surface area contributed by atoms with Gasteiger partial charge < -0.3 is 5.11 Å². The molecule has 0 unspecified atom stereocenters. The Labute approximate surface area is 127 Å². The molecule has 0 fully saturated rings. The van der Waals surface area contributed by atoms with Crippen molar-refractivity contribution in [2.75, 3.05) is 0 Å². The van der Waals surface area contributed by atoms with Crippen LogP contribution < -0.4 is 5.69 Å². The topological polar surface area (TPSA) is 64.2 Å². The third kappa shape index (κ3) is 2.41. The number of carbonyl (C=O) groups is 1. The van der Waals surface area contributed by atoms with E-state index < -0.39 is 5.97 Å². The number of aromatic nitrogens is 2. The van der Waals surface area contributed by atoms with Gasteiger partial charge in [0, 0.05) is 13.6 Å². The van der Waals surface area contributed by atoms with Crippen LogP contribution in [-0.2, 0) is 20.0 Å². The second kappa shape index (κ2) is 5.52. The van der Waals surface area contributed by atoms with Crippen molar-refractivity contribution in [3.8, 4) is 0 Å². The van der Waals surface area contributed by atoms with E-state index in [9.17, 15) is 9.59 Å². The maximum Gasteiger partial charge on any atom is 0.335 e. The summed E-state index contributed by atoms with van der Waals surface area (Å²) in [4.78, 5) is 23.4. The van der Waals surface area contributed by atoms with E-state index >= 15 is 0 Å². The van der Waals surface area contributed by atoms with Crippen LogP contribution in [0.2, 0.25) is 0 Å². The predicted octanol–water partition coefficient (Wildman–Crippen LogP) is 2.28. The molecule has 5 nitrogen and oxygen atoms in total. The molecule has 2 aromatic carbocycles. The van der Waals surface area contributed by atoms with Crippen LogP contribution in [0.25, 0.3) is 11.0 Å². The molecular weight excluding hydrogens is 280 g/mol. The predicted molar refractivity (Wildman–Crippen MR) is 84.3 cm³/mol. The van der Waals surface area contributed by atoms with E-state index in [-0.39, 0.29) is 11.3 Å². The van der Waals surface area contributed by atoms with E-state index in [0.29, 0.717) is 12.1 Å². The van der Waals surface area contributed by atoms with Crippen molar-refractivity contribution in [3.05, 3.63) is 70.1 Å². The number of aryl methyl sites for hydroxylation is 3. The number of hydrogen-bond acceptors (Lipinski definition) is 2. The Kier molecular flexibility index (Phi) is 3.55. The molecule has 112 valence electrons. The Morgan fingerprint density at radius 2 is 1.82 bits per heavy atom. The minimum atomic E-state index is -0.994. The van der Waals surface area contributed by atoms with Crippen LogP contribution in [-0.4, -0.2) is 20.2 Å². The summed E-state index contributed by atoms with van der Waals surface area (Å²) < 4.78 is 3.18. The van der Waals surface area contributed by atoms with Crippen molar-refractivity contribution >= 4 is 17.0 Å². The van der Waals surface area contributed by atoms with Crippen molar-refractivity contribution in [1.29, 1.82) is 0 Å². The standard InChI is InChI=1S/C17H16N2O3/c1-18-15-11-13(16(20)21)7-8-14(15)19(17(18)22)10-9-12-5-3-2-4-6-12/h2-8,11H,9-10H2,1H3,(H,20,21). The molecule has 1 aromatic heterocycles. The fourth-order valence-electron chi connectivity index (χ4n) is 2.64. The normalized spacial score (nSPS) is 11.0. The molecule has 0 bridgehead atoms. The van der Waals surface area contributed by atoms with Crippen molar-refractivity contribution in [2.24, 2.45) is 7.05 Å². The highest BCUT2D eigenvalue weighted by Crippen LogP contribution is 2.15. The number of hydrogen-bond donors (Lipinski definition) is 1. The molecule has 0 spiro atoms. The van der Waals surface area contributed by atoms with E-state index in [1.54, 1.807) is 17.7 Å². The van der Waals surface area contributed by atoms with Gasteiger partial charge in [0.1, 0.15) is 0 Å². The van der Waals surface area contributed by atoms with Gasteiger partial charge >= 0.3 is 11.7 Å². The van der Waals surface area contributed by atoms with Crippen LogP contribution in [0.15, 0.2) is 53.3 Å². The van der Waals surface area contributed by atoms with Crippen molar-refractivity contribution < 1.29 is 9.90 Å². The van der Waals surface area contributed by atoms with Gasteiger partial charge in [0.2, 0.25) is 0 Å². The Morgan fingerprint density at radius 3 is 2.50 bits per heavy atom. The lowest BCUT2D eigenvalue weighted by Gasteiger charge is -2.04. The van der Waals surface area contributed by atoms with E-state index in [4.69, 9.17) is 5.11 Å². The van der Waals surface area contributed by atoms with Gasteiger partial charge in [-0.25, -0.2) is 9.59 Å². The van der Waals surface area contributed by atoms with Gasteiger partial charge in [0.15, 0.2) is 0 Å². The summed E-state index contributed by atoms with van der Waals surface area (Å²) in [7, 11) is 1.66. The number of imidazole rings is 1. The van der Waals surface area contributed by atoms with Gasteiger partial charge in [-0.1, -0.05) is 30.3 Å². The quantitative estimate of drug-likeness (QED) is 0.803. The van der Waals surface area contributed by atoms with Gasteiger partial charge in [-0.2, -0.15) is 0 Å². The zero-order valence-corrected chi connectivity index (χ0v) is 12.2. The van der Waals surface area contributed by atoms with Crippen LogP contribution in [0, 0.1) is 0 Å². The molecule has 5 heteroatoms. The van der Waals surface area contributed by atoms with Crippen LogP contribution in [0.3, 0.4) is 0 Å². The van der Waals surface area contributed by atoms with Crippen LogP contribution in [0.4, 0.5) is 0 Å². The first-order chi connectivity index (χ1) is 10.6. The minimum Gasteiger partial charge on any atom is -0.478 e. The third-order valence-corrected chi connectivity index (χ3v) is 3.86. The molecule has 0 amide bonds. The third-order valence-electron chi connectivity index (χ3n) is 3.86. The average molecular weight is 296 g/mol. The second-order valence-corrected chi connectivity index (χ2v) is 5.24. The summed E-state index contributed by atoms with van der Waals surface area (Å²) in [6, 6.07) is 14.7. The first-order valence-corrected chi connectivity index (χ1v) is 7.04. The Morgan fingerprint density at radius 1 is 1.09 bits per heavy atom. The molecule has 0 aliphatic rings. The highest BCUT2D eigenvalue weighted by molar-refractivity contribution is 5.92. The van der Waals surface area contributed by atoms with E-state index in [1.165, 1.54) is 16.7 Å². The number of rotatable bonds is 4. The van der Waals surface area contributed by atoms with Crippen molar-refractivity contribution in [2.45, 2.75) is 13.0 Å². The number of fused-ring (bicyclic) bond motifs is 1. The van der Waals surface area contributed by atoms with Crippen LogP contribution >= 0.6 is 0 Å². The smallest absolute Gasteiger partial charge is 0.335 e. The first-order valence-electron chi connectivity index (χ1n) is 7.04.